The Morgan fingerprint density at radius 1 is 0.810 bits per heavy atom. The van der Waals surface area contributed by atoms with Crippen LogP contribution >= 0.6 is 0 Å². The Balaban J connectivity index is 3.83. The van der Waals surface area contributed by atoms with E-state index in [-0.39, 0.29) is 0 Å². The summed E-state index contributed by atoms with van der Waals surface area (Å²) in [5.41, 5.74) is 0. The lowest BCUT2D eigenvalue weighted by molar-refractivity contribution is 0.0706. The largest absolute Gasteiger partial charge is 0.500 e. The minimum atomic E-state index is -2.44. The molecule has 0 aromatic rings. The first-order valence-electron chi connectivity index (χ1n) is 8.20. The van der Waals surface area contributed by atoms with Gasteiger partial charge in [-0.15, -0.1) is 0 Å². The molecule has 6 heteroatoms. The third kappa shape index (κ3) is 10.8. The van der Waals surface area contributed by atoms with Crippen molar-refractivity contribution in [2.45, 2.75) is 65.3 Å². The molecule has 0 aliphatic carbocycles. The molecule has 0 unspecified atom stereocenters. The Morgan fingerprint density at radius 3 is 1.76 bits per heavy atom. The first-order valence-corrected chi connectivity index (χ1v) is 10.1. The second-order valence-electron chi connectivity index (χ2n) is 4.83. The van der Waals surface area contributed by atoms with Gasteiger partial charge in [0.2, 0.25) is 6.08 Å². The lowest BCUT2D eigenvalue weighted by atomic mass is 10.1. The van der Waals surface area contributed by atoms with Crippen LogP contribution in [0.1, 0.15) is 59.3 Å². The van der Waals surface area contributed by atoms with Gasteiger partial charge in [-0.25, -0.2) is 9.79 Å². The molecule has 0 aromatic carbocycles. The van der Waals surface area contributed by atoms with Gasteiger partial charge in [-0.05, 0) is 33.6 Å². The summed E-state index contributed by atoms with van der Waals surface area (Å²) in [4.78, 5) is 13.5. The molecule has 0 radical (unpaired) electrons. The van der Waals surface area contributed by atoms with Crippen LogP contribution in [0.5, 0.6) is 0 Å². The molecule has 0 heterocycles. The van der Waals surface area contributed by atoms with Gasteiger partial charge in [-0.2, -0.15) is 0 Å². The van der Waals surface area contributed by atoms with E-state index in [1.807, 2.05) is 20.8 Å². The molecule has 0 saturated heterocycles. The molecule has 124 valence electrons. The predicted octanol–water partition coefficient (Wildman–Crippen LogP) is 3.71. The average Bonchev–Trinajstić information content (AvgIpc) is 2.46. The maximum absolute atomic E-state index is 9.91. The van der Waals surface area contributed by atoms with Crippen LogP contribution < -0.4 is 0 Å². The van der Waals surface area contributed by atoms with Crippen molar-refractivity contribution >= 4 is 14.9 Å². The van der Waals surface area contributed by atoms with Gasteiger partial charge in [0.05, 0.1) is 6.54 Å². The van der Waals surface area contributed by atoms with E-state index in [1.165, 1.54) is 19.3 Å². The number of hydrogen-bond acceptors (Lipinski definition) is 5. The summed E-state index contributed by atoms with van der Waals surface area (Å²) in [5, 5.41) is 0. The van der Waals surface area contributed by atoms with Crippen LogP contribution in [0.3, 0.4) is 0 Å². The van der Waals surface area contributed by atoms with E-state index in [9.17, 15) is 4.79 Å². The van der Waals surface area contributed by atoms with Gasteiger partial charge in [0.15, 0.2) is 0 Å². The molecule has 21 heavy (non-hydrogen) atoms. The molecule has 0 aliphatic heterocycles. The molecule has 0 spiro atoms. The molecular formula is C15H31NO4Si. The average molecular weight is 318 g/mol. The Labute approximate surface area is 130 Å². The Hall–Kier alpha value is -0.523. The number of aliphatic imine (C=N–C) groups is 1. The molecule has 0 atom stereocenters. The van der Waals surface area contributed by atoms with Crippen molar-refractivity contribution in [3.05, 3.63) is 0 Å². The van der Waals surface area contributed by atoms with Crippen molar-refractivity contribution in [2.24, 2.45) is 4.99 Å². The van der Waals surface area contributed by atoms with Crippen molar-refractivity contribution in [1.29, 1.82) is 0 Å². The van der Waals surface area contributed by atoms with E-state index >= 15 is 0 Å². The van der Waals surface area contributed by atoms with Crippen molar-refractivity contribution in [2.75, 3.05) is 26.4 Å². The molecule has 0 N–H and O–H groups in total. The van der Waals surface area contributed by atoms with E-state index in [0.717, 1.165) is 25.3 Å². The summed E-state index contributed by atoms with van der Waals surface area (Å²) >= 11 is 0. The lowest BCUT2D eigenvalue weighted by Crippen LogP contribution is -2.45. The topological polar surface area (TPSA) is 57.1 Å². The van der Waals surface area contributed by atoms with E-state index in [0.29, 0.717) is 26.4 Å². The quantitative estimate of drug-likeness (QED) is 0.200. The predicted molar refractivity (Wildman–Crippen MR) is 86.1 cm³/mol. The summed E-state index contributed by atoms with van der Waals surface area (Å²) in [5.74, 6) is 0. The fourth-order valence-corrected chi connectivity index (χ4v) is 4.97. The van der Waals surface area contributed by atoms with Gasteiger partial charge >= 0.3 is 8.80 Å². The van der Waals surface area contributed by atoms with Crippen LogP contribution in [0.2, 0.25) is 6.04 Å². The second-order valence-corrected chi connectivity index (χ2v) is 7.56. The second kappa shape index (κ2) is 14.4. The highest BCUT2D eigenvalue weighted by Crippen LogP contribution is 2.20. The molecule has 0 aliphatic rings. The highest BCUT2D eigenvalue weighted by Gasteiger charge is 2.39. The first-order chi connectivity index (χ1) is 10.2. The molecule has 0 rings (SSSR count). The van der Waals surface area contributed by atoms with E-state index < -0.39 is 8.80 Å². The number of isocyanates is 1. The molecule has 0 saturated carbocycles. The van der Waals surface area contributed by atoms with Gasteiger partial charge in [-0.3, -0.25) is 0 Å². The number of rotatable bonds is 15. The van der Waals surface area contributed by atoms with Gasteiger partial charge in [-0.1, -0.05) is 25.7 Å². The van der Waals surface area contributed by atoms with Crippen molar-refractivity contribution in [3.63, 3.8) is 0 Å². The van der Waals surface area contributed by atoms with Gasteiger partial charge in [0.25, 0.3) is 0 Å². The monoisotopic (exact) mass is 317 g/mol. The summed E-state index contributed by atoms with van der Waals surface area (Å²) in [7, 11) is -2.44. The highest BCUT2D eigenvalue weighted by molar-refractivity contribution is 6.60. The van der Waals surface area contributed by atoms with Crippen molar-refractivity contribution < 1.29 is 18.1 Å². The SMILES string of the molecule is CCO[Si](CCCCCCCCN=C=O)(OCC)OCC. The molecular weight excluding hydrogens is 286 g/mol. The third-order valence-electron chi connectivity index (χ3n) is 3.16. The molecule has 0 fully saturated rings. The summed E-state index contributed by atoms with van der Waals surface area (Å²) in [6, 6.07) is 0.901. The zero-order valence-electron chi connectivity index (χ0n) is 13.9. The molecule has 0 amide bonds. The van der Waals surface area contributed by atoms with Crippen LogP contribution in [0.4, 0.5) is 0 Å². The Morgan fingerprint density at radius 2 is 1.29 bits per heavy atom. The number of carbonyl (C=O) groups excluding carboxylic acids is 1. The normalized spacial score (nSPS) is 11.4. The van der Waals surface area contributed by atoms with Crippen LogP contribution in [0.15, 0.2) is 4.99 Å². The molecule has 0 bridgehead atoms. The number of unbranched alkanes of at least 4 members (excludes halogenated alkanes) is 5. The van der Waals surface area contributed by atoms with Crippen molar-refractivity contribution in [3.8, 4) is 0 Å². The zero-order valence-corrected chi connectivity index (χ0v) is 14.9. The fraction of sp³-hybridized carbons (Fsp3) is 0.933. The van der Waals surface area contributed by atoms with Gasteiger partial charge in [0, 0.05) is 25.9 Å². The zero-order chi connectivity index (χ0) is 15.8. The fourth-order valence-electron chi connectivity index (χ4n) is 2.29. The van der Waals surface area contributed by atoms with E-state index in [4.69, 9.17) is 13.3 Å². The van der Waals surface area contributed by atoms with Crippen LogP contribution in [-0.4, -0.2) is 41.2 Å². The van der Waals surface area contributed by atoms with E-state index in [2.05, 4.69) is 4.99 Å². The smallest absolute Gasteiger partial charge is 0.374 e. The number of hydrogen-bond donors (Lipinski definition) is 0. The minimum Gasteiger partial charge on any atom is -0.374 e. The standard InChI is InChI=1S/C15H31NO4Si/c1-4-18-21(19-5-2,20-6-3)14-12-10-8-7-9-11-13-16-15-17/h4-14H2,1-3H3. The summed E-state index contributed by atoms with van der Waals surface area (Å²) < 4.78 is 17.5. The molecule has 0 aromatic heterocycles. The summed E-state index contributed by atoms with van der Waals surface area (Å²) in [6.45, 7) is 8.50. The van der Waals surface area contributed by atoms with E-state index in [1.54, 1.807) is 6.08 Å². The van der Waals surface area contributed by atoms with Gasteiger partial charge < -0.3 is 13.3 Å². The van der Waals surface area contributed by atoms with Crippen LogP contribution in [0.25, 0.3) is 0 Å². The Kier molecular flexibility index (Phi) is 14.1. The lowest BCUT2D eigenvalue weighted by Gasteiger charge is -2.28. The van der Waals surface area contributed by atoms with Crippen LogP contribution in [-0.2, 0) is 18.1 Å². The highest BCUT2D eigenvalue weighted by atomic mass is 28.4. The third-order valence-corrected chi connectivity index (χ3v) is 6.31. The minimum absolute atomic E-state index is 0.610. The number of nitrogens with zero attached hydrogens (tertiary/aromatic N) is 1. The van der Waals surface area contributed by atoms with Crippen LogP contribution in [0, 0.1) is 0 Å². The summed E-state index contributed by atoms with van der Waals surface area (Å²) in [6.07, 6.45) is 8.29. The van der Waals surface area contributed by atoms with Crippen molar-refractivity contribution in [1.82, 2.24) is 0 Å². The molecule has 5 nitrogen and oxygen atoms in total. The Bertz CT molecular complexity index is 266. The maximum Gasteiger partial charge on any atom is 0.500 e. The van der Waals surface area contributed by atoms with Gasteiger partial charge in [0.1, 0.15) is 0 Å². The maximum atomic E-state index is 9.91. The first kappa shape index (κ1) is 20.5.